The number of benzene rings is 1. The Morgan fingerprint density at radius 3 is 2.24 bits per heavy atom. The van der Waals surface area contributed by atoms with Crippen molar-refractivity contribution < 1.29 is 0 Å². The zero-order chi connectivity index (χ0) is 18.5. The van der Waals surface area contributed by atoms with Crippen molar-refractivity contribution in [3.05, 3.63) is 61.5 Å². The summed E-state index contributed by atoms with van der Waals surface area (Å²) >= 11 is 1.59. The number of aromatic nitrogens is 2. The molecule has 0 saturated heterocycles. The molecule has 0 aliphatic carbocycles. The molecule has 0 bridgehead atoms. The number of fused-ring (bicyclic) bond motifs is 1. The van der Waals surface area contributed by atoms with Crippen molar-refractivity contribution >= 4 is 21.6 Å². The molecule has 0 fully saturated rings. The lowest BCUT2D eigenvalue weighted by Crippen LogP contribution is -2.22. The van der Waals surface area contributed by atoms with E-state index in [1.165, 1.54) is 27.1 Å². The van der Waals surface area contributed by atoms with E-state index in [0.29, 0.717) is 6.54 Å². The summed E-state index contributed by atoms with van der Waals surface area (Å²) in [5, 5.41) is 0.770. The van der Waals surface area contributed by atoms with Gasteiger partial charge in [-0.15, -0.1) is 11.3 Å². The first-order valence-corrected chi connectivity index (χ1v) is 9.47. The average molecular weight is 355 g/mol. The first kappa shape index (κ1) is 17.9. The van der Waals surface area contributed by atoms with Gasteiger partial charge in [-0.25, -0.2) is 4.98 Å². The predicted octanol–water partition coefficient (Wildman–Crippen LogP) is 5.04. The standard InChI is InChI=1S/C21H26N2OS/c1-12-8-16(21(5,6)7)9-13(2)17(12)10-23-11-22-19-18(20(23)24)14(3)15(4)25-19/h8-9,11H,10H2,1-7H3. The van der Waals surface area contributed by atoms with Crippen LogP contribution in [0.15, 0.2) is 23.3 Å². The van der Waals surface area contributed by atoms with Crippen LogP contribution in [0.1, 0.15) is 53.5 Å². The highest BCUT2D eigenvalue weighted by Gasteiger charge is 2.17. The highest BCUT2D eigenvalue weighted by atomic mass is 32.1. The lowest BCUT2D eigenvalue weighted by atomic mass is 9.84. The summed E-state index contributed by atoms with van der Waals surface area (Å²) < 4.78 is 1.74. The number of thiophene rings is 1. The molecular weight excluding hydrogens is 328 g/mol. The van der Waals surface area contributed by atoms with Gasteiger partial charge in [0.15, 0.2) is 0 Å². The summed E-state index contributed by atoms with van der Waals surface area (Å²) in [5.74, 6) is 0. The minimum absolute atomic E-state index is 0.0607. The van der Waals surface area contributed by atoms with Gasteiger partial charge < -0.3 is 0 Å². The highest BCUT2D eigenvalue weighted by Crippen LogP contribution is 2.28. The van der Waals surface area contributed by atoms with Crippen molar-refractivity contribution in [2.75, 3.05) is 0 Å². The van der Waals surface area contributed by atoms with Crippen molar-refractivity contribution in [3.8, 4) is 0 Å². The Morgan fingerprint density at radius 2 is 1.68 bits per heavy atom. The molecule has 0 saturated carbocycles. The Hall–Kier alpha value is -1.94. The van der Waals surface area contributed by atoms with Crippen LogP contribution in [0.25, 0.3) is 10.2 Å². The van der Waals surface area contributed by atoms with Crippen LogP contribution in [0, 0.1) is 27.7 Å². The molecule has 1 aromatic carbocycles. The second kappa shape index (κ2) is 6.10. The van der Waals surface area contributed by atoms with Gasteiger partial charge in [0.2, 0.25) is 0 Å². The second-order valence-electron chi connectivity index (χ2n) is 7.98. The lowest BCUT2D eigenvalue weighted by Gasteiger charge is -2.22. The number of hydrogen-bond donors (Lipinski definition) is 0. The maximum Gasteiger partial charge on any atom is 0.262 e. The Labute approximate surface area is 153 Å². The topological polar surface area (TPSA) is 34.9 Å². The van der Waals surface area contributed by atoms with E-state index in [1.807, 2.05) is 13.8 Å². The van der Waals surface area contributed by atoms with Crippen LogP contribution in [0.4, 0.5) is 0 Å². The van der Waals surface area contributed by atoms with Crippen molar-refractivity contribution in [3.63, 3.8) is 0 Å². The summed E-state index contributed by atoms with van der Waals surface area (Å²) in [4.78, 5) is 19.5. The molecule has 3 nitrogen and oxygen atoms in total. The molecule has 0 aliphatic heterocycles. The van der Waals surface area contributed by atoms with Crippen LogP contribution in [-0.4, -0.2) is 9.55 Å². The molecule has 2 heterocycles. The predicted molar refractivity (Wildman–Crippen MR) is 107 cm³/mol. The summed E-state index contributed by atoms with van der Waals surface area (Å²) in [6.07, 6.45) is 1.69. The average Bonchev–Trinajstić information content (AvgIpc) is 2.79. The highest BCUT2D eigenvalue weighted by molar-refractivity contribution is 7.18. The molecule has 0 atom stereocenters. The molecule has 0 radical (unpaired) electrons. The monoisotopic (exact) mass is 354 g/mol. The largest absolute Gasteiger partial charge is 0.294 e. The smallest absolute Gasteiger partial charge is 0.262 e. The van der Waals surface area contributed by atoms with Gasteiger partial charge in [0, 0.05) is 4.88 Å². The Bertz CT molecular complexity index is 996. The van der Waals surface area contributed by atoms with Gasteiger partial charge in [-0.05, 0) is 60.9 Å². The molecule has 3 rings (SSSR count). The fraction of sp³-hybridized carbons (Fsp3) is 0.429. The number of nitrogens with zero attached hydrogens (tertiary/aromatic N) is 2. The van der Waals surface area contributed by atoms with Crippen molar-refractivity contribution in [1.82, 2.24) is 9.55 Å². The van der Waals surface area contributed by atoms with Gasteiger partial charge in [0.05, 0.1) is 18.3 Å². The molecule has 4 heteroatoms. The summed E-state index contributed by atoms with van der Waals surface area (Å²) in [6.45, 7) is 15.6. The molecule has 25 heavy (non-hydrogen) atoms. The molecule has 132 valence electrons. The third-order valence-corrected chi connectivity index (χ3v) is 6.16. The SMILES string of the molecule is Cc1cc(C(C)(C)C)cc(C)c1Cn1cnc2sc(C)c(C)c2c1=O. The molecule has 0 N–H and O–H groups in total. The van der Waals surface area contributed by atoms with E-state index >= 15 is 0 Å². The molecule has 3 aromatic rings. The number of hydrogen-bond acceptors (Lipinski definition) is 3. The zero-order valence-electron chi connectivity index (χ0n) is 16.2. The fourth-order valence-corrected chi connectivity index (χ4v) is 4.22. The van der Waals surface area contributed by atoms with Crippen LogP contribution in [-0.2, 0) is 12.0 Å². The quantitative estimate of drug-likeness (QED) is 0.646. The van der Waals surface area contributed by atoms with E-state index in [1.54, 1.807) is 22.2 Å². The van der Waals surface area contributed by atoms with Crippen LogP contribution >= 0.6 is 11.3 Å². The molecule has 0 unspecified atom stereocenters. The Kier molecular flexibility index (Phi) is 4.36. The van der Waals surface area contributed by atoms with Crippen molar-refractivity contribution in [2.45, 2.75) is 60.4 Å². The third-order valence-electron chi connectivity index (χ3n) is 5.05. The van der Waals surface area contributed by atoms with Crippen molar-refractivity contribution in [1.29, 1.82) is 0 Å². The van der Waals surface area contributed by atoms with Crippen LogP contribution in [0.5, 0.6) is 0 Å². The first-order valence-electron chi connectivity index (χ1n) is 8.65. The molecule has 2 aromatic heterocycles. The normalized spacial score (nSPS) is 12.1. The van der Waals surface area contributed by atoms with E-state index < -0.39 is 0 Å². The van der Waals surface area contributed by atoms with E-state index in [9.17, 15) is 4.79 Å². The summed E-state index contributed by atoms with van der Waals surface area (Å²) in [6, 6.07) is 4.50. The maximum absolute atomic E-state index is 12.9. The summed E-state index contributed by atoms with van der Waals surface area (Å²) in [7, 11) is 0. The van der Waals surface area contributed by atoms with Crippen molar-refractivity contribution in [2.24, 2.45) is 0 Å². The maximum atomic E-state index is 12.9. The van der Waals surface area contributed by atoms with Gasteiger partial charge in [-0.3, -0.25) is 9.36 Å². The van der Waals surface area contributed by atoms with Gasteiger partial charge in [0.25, 0.3) is 5.56 Å². The summed E-state index contributed by atoms with van der Waals surface area (Å²) in [5.41, 5.74) is 6.24. The van der Waals surface area contributed by atoms with Gasteiger partial charge in [0.1, 0.15) is 4.83 Å². The molecule has 0 aliphatic rings. The Balaban J connectivity index is 2.09. The van der Waals surface area contributed by atoms with E-state index in [-0.39, 0.29) is 11.0 Å². The molecule has 0 amide bonds. The van der Waals surface area contributed by atoms with Gasteiger partial charge in [-0.1, -0.05) is 32.9 Å². The van der Waals surface area contributed by atoms with Crippen LogP contribution in [0.3, 0.4) is 0 Å². The van der Waals surface area contributed by atoms with E-state index in [0.717, 1.165) is 15.8 Å². The minimum Gasteiger partial charge on any atom is -0.294 e. The third kappa shape index (κ3) is 3.15. The molecule has 0 spiro atoms. The fourth-order valence-electron chi connectivity index (χ4n) is 3.23. The van der Waals surface area contributed by atoms with Crippen LogP contribution < -0.4 is 5.56 Å². The van der Waals surface area contributed by atoms with Gasteiger partial charge in [-0.2, -0.15) is 0 Å². The number of aryl methyl sites for hydroxylation is 4. The second-order valence-corrected chi connectivity index (χ2v) is 9.18. The lowest BCUT2D eigenvalue weighted by molar-refractivity contribution is 0.588. The minimum atomic E-state index is 0.0607. The van der Waals surface area contributed by atoms with E-state index in [2.05, 4.69) is 51.7 Å². The first-order chi connectivity index (χ1) is 11.6. The molecular formula is C21H26N2OS. The van der Waals surface area contributed by atoms with E-state index in [4.69, 9.17) is 0 Å². The zero-order valence-corrected chi connectivity index (χ0v) is 17.0. The van der Waals surface area contributed by atoms with Gasteiger partial charge >= 0.3 is 0 Å². The number of rotatable bonds is 2. The Morgan fingerprint density at radius 1 is 1.08 bits per heavy atom. The van der Waals surface area contributed by atoms with Crippen LogP contribution in [0.2, 0.25) is 0 Å².